The summed E-state index contributed by atoms with van der Waals surface area (Å²) in [5.74, 6) is -1.43. The van der Waals surface area contributed by atoms with E-state index in [1.165, 1.54) is 18.2 Å². The summed E-state index contributed by atoms with van der Waals surface area (Å²) in [6.45, 7) is 6.16. The van der Waals surface area contributed by atoms with Gasteiger partial charge in [-0.05, 0) is 55.5 Å². The minimum atomic E-state index is -1.20. The molecule has 1 aliphatic heterocycles. The van der Waals surface area contributed by atoms with Gasteiger partial charge in [-0.1, -0.05) is 37.6 Å². The number of carboxylic acids is 1. The number of nitrogens with zero attached hydrogens (tertiary/aromatic N) is 1. The molecule has 5 nitrogen and oxygen atoms in total. The lowest BCUT2D eigenvalue weighted by Crippen LogP contribution is -2.43. The summed E-state index contributed by atoms with van der Waals surface area (Å²) in [6, 6.07) is 16.1. The highest BCUT2D eigenvalue weighted by molar-refractivity contribution is 6.31. The number of phenolic OH excluding ortho intramolecular Hbond substituents is 1. The van der Waals surface area contributed by atoms with Crippen LogP contribution in [0.15, 0.2) is 60.7 Å². The fraction of sp³-hybridized carbons (Fsp3) is 0.222. The third-order valence-corrected chi connectivity index (χ3v) is 6.86. The van der Waals surface area contributed by atoms with E-state index < -0.39 is 17.0 Å². The Labute approximate surface area is 201 Å². The molecule has 0 spiro atoms. The topological polar surface area (TPSA) is 71.7 Å². The minimum Gasteiger partial charge on any atom is -0.507 e. The molecule has 1 atom stereocenters. The van der Waals surface area contributed by atoms with Crippen molar-refractivity contribution >= 4 is 28.5 Å². The second kappa shape index (κ2) is 7.58. The minimum absolute atomic E-state index is 0.0266. The molecule has 4 aromatic rings. The highest BCUT2D eigenvalue weighted by atomic mass is 35.5. The van der Waals surface area contributed by atoms with E-state index in [0.29, 0.717) is 27.1 Å². The van der Waals surface area contributed by atoms with Crippen LogP contribution >= 0.6 is 11.6 Å². The van der Waals surface area contributed by atoms with E-state index in [0.717, 1.165) is 11.4 Å². The van der Waals surface area contributed by atoms with Crippen molar-refractivity contribution in [2.24, 2.45) is 0 Å². The zero-order valence-electron chi connectivity index (χ0n) is 18.9. The van der Waals surface area contributed by atoms with E-state index in [4.69, 9.17) is 16.3 Å². The van der Waals surface area contributed by atoms with Gasteiger partial charge in [0.15, 0.2) is 0 Å². The Bertz CT molecular complexity index is 1460. The van der Waals surface area contributed by atoms with Crippen molar-refractivity contribution in [3.8, 4) is 11.4 Å². The Hall–Kier alpha value is -3.35. The summed E-state index contributed by atoms with van der Waals surface area (Å²) in [7, 11) is 0. The van der Waals surface area contributed by atoms with Crippen LogP contribution in [0.3, 0.4) is 0 Å². The standard InChI is InChI=1S/C27H23ClFNO4/c1-26(2)14-34-27(3,19-12-7-15(28)13-18(19)25(32)33)23-22-20(5-4-6-21(22)31)30(24(23)26)17-10-8-16(29)9-11-17/h4-13,31H,14H2,1-3H3,(H,32,33). The molecule has 1 unspecified atom stereocenters. The lowest BCUT2D eigenvalue weighted by molar-refractivity contribution is -0.0442. The molecule has 1 aliphatic rings. The predicted octanol–water partition coefficient (Wildman–Crippen LogP) is 6.40. The molecule has 0 aliphatic carbocycles. The predicted molar refractivity (Wildman–Crippen MR) is 129 cm³/mol. The van der Waals surface area contributed by atoms with Gasteiger partial charge in [-0.15, -0.1) is 0 Å². The lowest BCUT2D eigenvalue weighted by atomic mass is 9.74. The van der Waals surface area contributed by atoms with Crippen LogP contribution in [0, 0.1) is 5.82 Å². The SMILES string of the molecule is CC1(C)COC(C)(c2ccc(Cl)cc2C(=O)O)c2c1n(-c1ccc(F)cc1)c1cccc(O)c21. The largest absolute Gasteiger partial charge is 0.507 e. The molecule has 1 aromatic heterocycles. The van der Waals surface area contributed by atoms with Crippen LogP contribution in [-0.4, -0.2) is 27.4 Å². The van der Waals surface area contributed by atoms with Gasteiger partial charge in [0.1, 0.15) is 17.2 Å². The van der Waals surface area contributed by atoms with Gasteiger partial charge in [0, 0.05) is 38.3 Å². The zero-order valence-corrected chi connectivity index (χ0v) is 19.7. The van der Waals surface area contributed by atoms with Crippen molar-refractivity contribution in [1.29, 1.82) is 0 Å². The molecule has 174 valence electrons. The number of carboxylic acid groups (broad SMARTS) is 1. The maximum absolute atomic E-state index is 13.8. The van der Waals surface area contributed by atoms with Crippen molar-refractivity contribution in [2.45, 2.75) is 31.8 Å². The first-order valence-electron chi connectivity index (χ1n) is 10.8. The molecular weight excluding hydrogens is 457 g/mol. The lowest BCUT2D eigenvalue weighted by Gasteiger charge is -2.43. The van der Waals surface area contributed by atoms with Crippen LogP contribution in [0.25, 0.3) is 16.6 Å². The molecule has 0 saturated heterocycles. The molecule has 2 heterocycles. The fourth-order valence-corrected chi connectivity index (χ4v) is 5.24. The second-order valence-electron chi connectivity index (χ2n) is 9.41. The molecule has 0 amide bonds. The Kier molecular flexibility index (Phi) is 5.01. The summed E-state index contributed by atoms with van der Waals surface area (Å²) >= 11 is 6.13. The first kappa shape index (κ1) is 22.4. The van der Waals surface area contributed by atoms with Gasteiger partial charge in [0.25, 0.3) is 0 Å². The van der Waals surface area contributed by atoms with E-state index in [1.807, 2.05) is 31.4 Å². The van der Waals surface area contributed by atoms with E-state index in [9.17, 15) is 19.4 Å². The number of fused-ring (bicyclic) bond motifs is 3. The number of aromatic hydroxyl groups is 1. The average Bonchev–Trinajstić information content (AvgIpc) is 3.16. The first-order valence-corrected chi connectivity index (χ1v) is 11.2. The summed E-state index contributed by atoms with van der Waals surface area (Å²) in [5.41, 5.74) is 1.72. The van der Waals surface area contributed by atoms with E-state index >= 15 is 0 Å². The van der Waals surface area contributed by atoms with Crippen molar-refractivity contribution < 1.29 is 24.1 Å². The third-order valence-electron chi connectivity index (χ3n) is 6.62. The summed E-state index contributed by atoms with van der Waals surface area (Å²) in [5, 5.41) is 21.9. The Morgan fingerprint density at radius 2 is 1.79 bits per heavy atom. The van der Waals surface area contributed by atoms with Gasteiger partial charge < -0.3 is 19.5 Å². The molecule has 34 heavy (non-hydrogen) atoms. The maximum atomic E-state index is 13.8. The van der Waals surface area contributed by atoms with Crippen LogP contribution in [-0.2, 0) is 15.8 Å². The van der Waals surface area contributed by atoms with Gasteiger partial charge in [0.2, 0.25) is 0 Å². The highest BCUT2D eigenvalue weighted by Gasteiger charge is 2.48. The highest BCUT2D eigenvalue weighted by Crippen LogP contribution is 2.52. The summed E-state index contributed by atoms with van der Waals surface area (Å²) in [6.07, 6.45) is 0. The average molecular weight is 480 g/mol. The molecule has 0 saturated carbocycles. The third kappa shape index (κ3) is 3.21. The fourth-order valence-electron chi connectivity index (χ4n) is 5.07. The molecule has 0 bridgehead atoms. The van der Waals surface area contributed by atoms with Crippen LogP contribution in [0.4, 0.5) is 4.39 Å². The summed E-state index contributed by atoms with van der Waals surface area (Å²) in [4.78, 5) is 12.2. The molecule has 0 fully saturated rings. The number of aromatic nitrogens is 1. The molecule has 2 N–H and O–H groups in total. The normalized spacial score (nSPS) is 19.2. The number of hydrogen-bond donors (Lipinski definition) is 2. The maximum Gasteiger partial charge on any atom is 0.336 e. The molecule has 5 rings (SSSR count). The van der Waals surface area contributed by atoms with Gasteiger partial charge in [-0.25, -0.2) is 9.18 Å². The van der Waals surface area contributed by atoms with Crippen LogP contribution < -0.4 is 0 Å². The van der Waals surface area contributed by atoms with Crippen LogP contribution in [0.1, 0.15) is 48.0 Å². The van der Waals surface area contributed by atoms with Crippen molar-refractivity contribution in [1.82, 2.24) is 4.57 Å². The van der Waals surface area contributed by atoms with Gasteiger partial charge in [0.05, 0.1) is 17.7 Å². The number of ether oxygens (including phenoxy) is 1. The monoisotopic (exact) mass is 479 g/mol. The zero-order chi connectivity index (χ0) is 24.4. The van der Waals surface area contributed by atoms with E-state index in [-0.39, 0.29) is 23.7 Å². The van der Waals surface area contributed by atoms with E-state index in [1.54, 1.807) is 36.4 Å². The van der Waals surface area contributed by atoms with Gasteiger partial charge in [-0.3, -0.25) is 0 Å². The smallest absolute Gasteiger partial charge is 0.336 e. The Balaban J connectivity index is 1.95. The number of halogens is 2. The van der Waals surface area contributed by atoms with Crippen LogP contribution in [0.2, 0.25) is 5.02 Å². The van der Waals surface area contributed by atoms with Crippen LogP contribution in [0.5, 0.6) is 5.75 Å². The second-order valence-corrected chi connectivity index (χ2v) is 9.84. The first-order chi connectivity index (χ1) is 16.0. The molecular formula is C27H23ClFNO4. The van der Waals surface area contributed by atoms with Crippen molar-refractivity contribution in [3.05, 3.63) is 93.9 Å². The molecule has 0 radical (unpaired) electrons. The van der Waals surface area contributed by atoms with Gasteiger partial charge in [-0.2, -0.15) is 0 Å². The van der Waals surface area contributed by atoms with E-state index in [2.05, 4.69) is 0 Å². The van der Waals surface area contributed by atoms with Gasteiger partial charge >= 0.3 is 5.97 Å². The number of benzene rings is 3. The number of carbonyl (C=O) groups is 1. The van der Waals surface area contributed by atoms with Crippen molar-refractivity contribution in [3.63, 3.8) is 0 Å². The number of hydrogen-bond acceptors (Lipinski definition) is 3. The number of aromatic carboxylic acids is 1. The number of rotatable bonds is 3. The summed E-state index contributed by atoms with van der Waals surface area (Å²) < 4.78 is 22.2. The molecule has 3 aromatic carbocycles. The quantitative estimate of drug-likeness (QED) is 0.356. The van der Waals surface area contributed by atoms with Crippen molar-refractivity contribution in [2.75, 3.05) is 6.61 Å². The number of phenols is 1. The molecule has 7 heteroatoms. The Morgan fingerprint density at radius 3 is 2.47 bits per heavy atom. The Morgan fingerprint density at radius 1 is 1.09 bits per heavy atom.